The predicted molar refractivity (Wildman–Crippen MR) is 77.4 cm³/mol. The summed E-state index contributed by atoms with van der Waals surface area (Å²) in [7, 11) is 0. The van der Waals surface area contributed by atoms with Gasteiger partial charge >= 0.3 is 0 Å². The molecule has 0 aliphatic heterocycles. The molecule has 3 heteroatoms. The van der Waals surface area contributed by atoms with Crippen molar-refractivity contribution in [1.82, 2.24) is 5.32 Å². The molecule has 1 aromatic carbocycles. The standard InChI is InChI=1S/C16H25NO2/c1-11(13-6-4-3-5-7-13)17-12(2)14-8-15(18)10-16(19)9-14/h8-13,17-19H,3-7H2,1-2H3/t11-,12?/m0/s1. The van der Waals surface area contributed by atoms with Crippen LogP contribution in [0.1, 0.15) is 57.6 Å². The first-order chi connectivity index (χ1) is 9.06. The van der Waals surface area contributed by atoms with Crippen LogP contribution in [0.4, 0.5) is 0 Å². The van der Waals surface area contributed by atoms with Crippen molar-refractivity contribution in [2.75, 3.05) is 0 Å². The van der Waals surface area contributed by atoms with E-state index in [4.69, 9.17) is 0 Å². The summed E-state index contributed by atoms with van der Waals surface area (Å²) in [6.45, 7) is 4.32. The summed E-state index contributed by atoms with van der Waals surface area (Å²) in [5, 5.41) is 22.7. The van der Waals surface area contributed by atoms with Crippen LogP contribution in [-0.2, 0) is 0 Å². The third-order valence-electron chi connectivity index (χ3n) is 4.29. The van der Waals surface area contributed by atoms with Crippen LogP contribution < -0.4 is 5.32 Å². The van der Waals surface area contributed by atoms with Gasteiger partial charge in [0.2, 0.25) is 0 Å². The number of phenols is 2. The van der Waals surface area contributed by atoms with Gasteiger partial charge in [-0.3, -0.25) is 0 Å². The van der Waals surface area contributed by atoms with Crippen LogP contribution in [0.5, 0.6) is 11.5 Å². The topological polar surface area (TPSA) is 52.5 Å². The van der Waals surface area contributed by atoms with E-state index in [1.54, 1.807) is 12.1 Å². The monoisotopic (exact) mass is 263 g/mol. The van der Waals surface area contributed by atoms with Crippen LogP contribution in [-0.4, -0.2) is 16.3 Å². The highest BCUT2D eigenvalue weighted by Gasteiger charge is 2.21. The van der Waals surface area contributed by atoms with Crippen molar-refractivity contribution in [1.29, 1.82) is 0 Å². The molecule has 3 nitrogen and oxygen atoms in total. The van der Waals surface area contributed by atoms with Crippen LogP contribution in [0.3, 0.4) is 0 Å². The number of nitrogens with one attached hydrogen (secondary N) is 1. The van der Waals surface area contributed by atoms with Crippen molar-refractivity contribution >= 4 is 0 Å². The van der Waals surface area contributed by atoms with Crippen molar-refractivity contribution in [3.8, 4) is 11.5 Å². The maximum atomic E-state index is 9.54. The first-order valence-corrected chi connectivity index (χ1v) is 7.35. The summed E-state index contributed by atoms with van der Waals surface area (Å²) >= 11 is 0. The molecule has 0 aromatic heterocycles. The lowest BCUT2D eigenvalue weighted by Crippen LogP contribution is -2.36. The van der Waals surface area contributed by atoms with Gasteiger partial charge in [0.05, 0.1) is 0 Å². The van der Waals surface area contributed by atoms with Crippen molar-refractivity contribution in [3.05, 3.63) is 23.8 Å². The molecule has 1 aromatic rings. The molecule has 0 radical (unpaired) electrons. The normalized spacial score (nSPS) is 20.1. The van der Waals surface area contributed by atoms with Crippen LogP contribution in [0, 0.1) is 5.92 Å². The molecule has 3 N–H and O–H groups in total. The number of hydrogen-bond donors (Lipinski definition) is 3. The molecule has 0 spiro atoms. The molecule has 1 unspecified atom stereocenters. The predicted octanol–water partition coefficient (Wildman–Crippen LogP) is 3.72. The van der Waals surface area contributed by atoms with E-state index in [1.165, 1.54) is 38.2 Å². The third kappa shape index (κ3) is 3.87. The van der Waals surface area contributed by atoms with E-state index in [0.717, 1.165) is 11.5 Å². The maximum absolute atomic E-state index is 9.54. The summed E-state index contributed by atoms with van der Waals surface area (Å²) in [6, 6.07) is 5.39. The molecule has 1 aliphatic carbocycles. The van der Waals surface area contributed by atoms with Crippen molar-refractivity contribution < 1.29 is 10.2 Å². The quantitative estimate of drug-likeness (QED) is 0.776. The number of phenolic OH excluding ortho intramolecular Hbond substituents is 2. The fourth-order valence-electron chi connectivity index (χ4n) is 3.13. The lowest BCUT2D eigenvalue weighted by atomic mass is 9.84. The molecule has 1 aliphatic rings. The molecule has 1 saturated carbocycles. The highest BCUT2D eigenvalue weighted by Crippen LogP contribution is 2.29. The summed E-state index contributed by atoms with van der Waals surface area (Å²) in [5.74, 6) is 0.991. The largest absolute Gasteiger partial charge is 0.508 e. The first-order valence-electron chi connectivity index (χ1n) is 7.35. The van der Waals surface area contributed by atoms with E-state index in [1.807, 2.05) is 0 Å². The minimum absolute atomic E-state index is 0.119. The SMILES string of the molecule is CC(N[C@@H](C)C1CCCCC1)c1cc(O)cc(O)c1. The number of benzene rings is 1. The number of rotatable bonds is 4. The van der Waals surface area contributed by atoms with Gasteiger partial charge in [-0.15, -0.1) is 0 Å². The van der Waals surface area contributed by atoms with E-state index in [2.05, 4.69) is 19.2 Å². The second kappa shape index (κ2) is 6.29. The lowest BCUT2D eigenvalue weighted by Gasteiger charge is -2.31. The molecule has 0 amide bonds. The Bertz CT molecular complexity index is 393. The summed E-state index contributed by atoms with van der Waals surface area (Å²) in [5.41, 5.74) is 0.931. The van der Waals surface area contributed by atoms with E-state index in [9.17, 15) is 10.2 Å². The van der Waals surface area contributed by atoms with E-state index >= 15 is 0 Å². The zero-order chi connectivity index (χ0) is 13.8. The molecule has 0 bridgehead atoms. The highest BCUT2D eigenvalue weighted by molar-refractivity contribution is 5.37. The van der Waals surface area contributed by atoms with Crippen molar-refractivity contribution in [2.24, 2.45) is 5.92 Å². The Morgan fingerprint density at radius 1 is 1.00 bits per heavy atom. The molecule has 106 valence electrons. The summed E-state index contributed by atoms with van der Waals surface area (Å²) in [6.07, 6.45) is 6.69. The average molecular weight is 263 g/mol. The van der Waals surface area contributed by atoms with Crippen LogP contribution >= 0.6 is 0 Å². The van der Waals surface area contributed by atoms with Gasteiger partial charge < -0.3 is 15.5 Å². The molecular weight excluding hydrogens is 238 g/mol. The van der Waals surface area contributed by atoms with Crippen molar-refractivity contribution in [3.63, 3.8) is 0 Å². The van der Waals surface area contributed by atoms with Gasteiger partial charge in [-0.1, -0.05) is 19.3 Å². The number of aromatic hydroxyl groups is 2. The van der Waals surface area contributed by atoms with Crippen molar-refractivity contribution in [2.45, 2.75) is 58.0 Å². The summed E-state index contributed by atoms with van der Waals surface area (Å²) in [4.78, 5) is 0. The fourth-order valence-corrected chi connectivity index (χ4v) is 3.13. The highest BCUT2D eigenvalue weighted by atomic mass is 16.3. The van der Waals surface area contributed by atoms with Gasteiger partial charge in [-0.2, -0.15) is 0 Å². The van der Waals surface area contributed by atoms with Gasteiger partial charge in [0.25, 0.3) is 0 Å². The third-order valence-corrected chi connectivity index (χ3v) is 4.29. The molecule has 0 heterocycles. The maximum Gasteiger partial charge on any atom is 0.119 e. The lowest BCUT2D eigenvalue weighted by molar-refractivity contribution is 0.268. The van der Waals surface area contributed by atoms with Crippen LogP contribution in [0.25, 0.3) is 0 Å². The Balaban J connectivity index is 1.97. The first kappa shape index (κ1) is 14.2. The Kier molecular flexibility index (Phi) is 4.70. The smallest absolute Gasteiger partial charge is 0.119 e. The molecule has 0 saturated heterocycles. The second-order valence-electron chi connectivity index (χ2n) is 5.86. The van der Waals surface area contributed by atoms with Crippen LogP contribution in [0.15, 0.2) is 18.2 Å². The zero-order valence-electron chi connectivity index (χ0n) is 11.9. The Morgan fingerprint density at radius 3 is 2.16 bits per heavy atom. The molecule has 1 fully saturated rings. The molecular formula is C16H25NO2. The van der Waals surface area contributed by atoms with E-state index < -0.39 is 0 Å². The Hall–Kier alpha value is -1.22. The molecule has 2 atom stereocenters. The Labute approximate surface area is 115 Å². The van der Waals surface area contributed by atoms with Gasteiger partial charge in [-0.25, -0.2) is 0 Å². The minimum Gasteiger partial charge on any atom is -0.508 e. The van der Waals surface area contributed by atoms with Gasteiger partial charge in [0.1, 0.15) is 11.5 Å². The van der Waals surface area contributed by atoms with E-state index in [-0.39, 0.29) is 17.5 Å². The van der Waals surface area contributed by atoms with Gasteiger partial charge in [0.15, 0.2) is 0 Å². The molecule has 2 rings (SSSR count). The fraction of sp³-hybridized carbons (Fsp3) is 0.625. The second-order valence-corrected chi connectivity index (χ2v) is 5.86. The average Bonchev–Trinajstić information content (AvgIpc) is 2.38. The van der Waals surface area contributed by atoms with Gasteiger partial charge in [-0.05, 0) is 50.3 Å². The zero-order valence-corrected chi connectivity index (χ0v) is 11.9. The molecule has 19 heavy (non-hydrogen) atoms. The minimum atomic E-state index is 0.119. The summed E-state index contributed by atoms with van der Waals surface area (Å²) < 4.78 is 0. The van der Waals surface area contributed by atoms with Crippen LogP contribution in [0.2, 0.25) is 0 Å². The van der Waals surface area contributed by atoms with E-state index in [0.29, 0.717) is 6.04 Å². The van der Waals surface area contributed by atoms with Gasteiger partial charge in [0, 0.05) is 18.2 Å². The number of hydrogen-bond acceptors (Lipinski definition) is 3. The Morgan fingerprint density at radius 2 is 1.58 bits per heavy atom.